The van der Waals surface area contributed by atoms with Gasteiger partial charge in [0.15, 0.2) is 0 Å². The average molecular weight is 304 g/mol. The molecule has 0 atom stereocenters. The lowest BCUT2D eigenvalue weighted by molar-refractivity contribution is -0.151. The molecule has 1 aromatic carbocycles. The predicted octanol–water partition coefficient (Wildman–Crippen LogP) is 2.07. The van der Waals surface area contributed by atoms with Crippen LogP contribution in [-0.4, -0.2) is 54.6 Å². The second kappa shape index (κ2) is 6.43. The highest BCUT2D eigenvalue weighted by Crippen LogP contribution is 2.17. The van der Waals surface area contributed by atoms with Gasteiger partial charge in [-0.15, -0.1) is 0 Å². The zero-order valence-corrected chi connectivity index (χ0v) is 11.4. The highest BCUT2D eigenvalue weighted by Gasteiger charge is 2.32. The molecule has 1 saturated heterocycles. The number of carbonyl (C=O) groups is 1. The Morgan fingerprint density at radius 2 is 1.62 bits per heavy atom. The first kappa shape index (κ1) is 15.8. The van der Waals surface area contributed by atoms with Crippen molar-refractivity contribution in [1.82, 2.24) is 9.80 Å². The van der Waals surface area contributed by atoms with E-state index in [1.54, 1.807) is 4.90 Å². The van der Waals surface area contributed by atoms with Crippen LogP contribution < -0.4 is 0 Å². The highest BCUT2D eigenvalue weighted by atomic mass is 19.4. The molecule has 1 heterocycles. The van der Waals surface area contributed by atoms with E-state index in [2.05, 4.69) is 0 Å². The molecule has 1 fully saturated rings. The van der Waals surface area contributed by atoms with Crippen LogP contribution in [0, 0.1) is 5.82 Å². The van der Waals surface area contributed by atoms with Gasteiger partial charge in [0.2, 0.25) is 5.91 Å². The van der Waals surface area contributed by atoms with Gasteiger partial charge in [0.05, 0.1) is 13.0 Å². The van der Waals surface area contributed by atoms with E-state index in [4.69, 9.17) is 0 Å². The van der Waals surface area contributed by atoms with Gasteiger partial charge in [0.25, 0.3) is 0 Å². The molecule has 0 spiro atoms. The molecule has 0 aliphatic carbocycles. The molecule has 0 N–H and O–H groups in total. The lowest BCUT2D eigenvalue weighted by Gasteiger charge is -2.35. The summed E-state index contributed by atoms with van der Waals surface area (Å²) < 4.78 is 49.6. The molecule has 0 bridgehead atoms. The molecule has 2 rings (SSSR count). The first-order valence-electron chi connectivity index (χ1n) is 6.65. The van der Waals surface area contributed by atoms with Crippen LogP contribution in [0.5, 0.6) is 0 Å². The Balaban J connectivity index is 1.81. The van der Waals surface area contributed by atoms with E-state index in [0.717, 1.165) is 0 Å². The number of carbonyl (C=O) groups excluding carboxylic acids is 1. The van der Waals surface area contributed by atoms with Crippen molar-refractivity contribution in [3.05, 3.63) is 35.6 Å². The van der Waals surface area contributed by atoms with E-state index in [9.17, 15) is 22.4 Å². The van der Waals surface area contributed by atoms with E-state index in [-0.39, 0.29) is 44.3 Å². The predicted molar refractivity (Wildman–Crippen MR) is 69.2 cm³/mol. The Kier molecular flexibility index (Phi) is 4.82. The number of rotatable bonds is 3. The molecule has 0 radical (unpaired) electrons. The van der Waals surface area contributed by atoms with Gasteiger partial charge in [-0.05, 0) is 17.7 Å². The molecule has 0 saturated carbocycles. The summed E-state index contributed by atoms with van der Waals surface area (Å²) in [5.41, 5.74) is 0.694. The standard InChI is InChI=1S/C14H16F4N2O/c15-12-3-1-11(2-4-12)9-13(21)20-7-5-19(6-8-20)10-14(16,17)18/h1-4H,5-10H2. The van der Waals surface area contributed by atoms with Crippen LogP contribution in [-0.2, 0) is 11.2 Å². The normalized spacial score (nSPS) is 17.0. The molecular formula is C14H16F4N2O. The molecule has 0 unspecified atom stereocenters. The minimum absolute atomic E-state index is 0.138. The SMILES string of the molecule is O=C(Cc1ccc(F)cc1)N1CCN(CC(F)(F)F)CC1. The van der Waals surface area contributed by atoms with Crippen LogP contribution in [0.4, 0.5) is 17.6 Å². The first-order chi connectivity index (χ1) is 9.83. The van der Waals surface area contributed by atoms with Crippen molar-refractivity contribution in [3.8, 4) is 0 Å². The molecular weight excluding hydrogens is 288 g/mol. The maximum Gasteiger partial charge on any atom is 0.401 e. The van der Waals surface area contributed by atoms with Crippen molar-refractivity contribution in [2.45, 2.75) is 12.6 Å². The largest absolute Gasteiger partial charge is 0.401 e. The molecule has 1 aliphatic rings. The molecule has 1 aliphatic heterocycles. The van der Waals surface area contributed by atoms with Gasteiger partial charge in [-0.25, -0.2) is 4.39 Å². The van der Waals surface area contributed by atoms with E-state index in [0.29, 0.717) is 5.56 Å². The second-order valence-corrected chi connectivity index (χ2v) is 5.08. The third kappa shape index (κ3) is 5.00. The summed E-state index contributed by atoms with van der Waals surface area (Å²) in [6, 6.07) is 5.63. The Morgan fingerprint density at radius 3 is 2.14 bits per heavy atom. The van der Waals surface area contributed by atoms with Gasteiger partial charge >= 0.3 is 6.18 Å². The van der Waals surface area contributed by atoms with E-state index < -0.39 is 12.7 Å². The Hall–Kier alpha value is -1.63. The first-order valence-corrected chi connectivity index (χ1v) is 6.65. The summed E-state index contributed by atoms with van der Waals surface area (Å²) in [6.45, 7) is 0.0720. The summed E-state index contributed by atoms with van der Waals surface area (Å²) in [6.07, 6.45) is -4.07. The van der Waals surface area contributed by atoms with Crippen molar-refractivity contribution in [3.63, 3.8) is 0 Å². The molecule has 116 valence electrons. The quantitative estimate of drug-likeness (QED) is 0.798. The van der Waals surface area contributed by atoms with Crippen LogP contribution in [0.2, 0.25) is 0 Å². The number of halogens is 4. The van der Waals surface area contributed by atoms with Crippen molar-refractivity contribution in [2.24, 2.45) is 0 Å². The van der Waals surface area contributed by atoms with Gasteiger partial charge in [-0.1, -0.05) is 12.1 Å². The van der Waals surface area contributed by atoms with Gasteiger partial charge in [0.1, 0.15) is 5.82 Å². The molecule has 3 nitrogen and oxygen atoms in total. The second-order valence-electron chi connectivity index (χ2n) is 5.08. The van der Waals surface area contributed by atoms with E-state index in [1.165, 1.54) is 29.2 Å². The summed E-state index contributed by atoms with van der Waals surface area (Å²) in [5, 5.41) is 0. The molecule has 0 aromatic heterocycles. The van der Waals surface area contributed by atoms with E-state index >= 15 is 0 Å². The van der Waals surface area contributed by atoms with Crippen LogP contribution in [0.3, 0.4) is 0 Å². The van der Waals surface area contributed by atoms with Crippen molar-refractivity contribution in [2.75, 3.05) is 32.7 Å². The van der Waals surface area contributed by atoms with Gasteiger partial charge in [-0.2, -0.15) is 13.2 Å². The number of piperazine rings is 1. The number of alkyl halides is 3. The van der Waals surface area contributed by atoms with Crippen LogP contribution in [0.1, 0.15) is 5.56 Å². The third-order valence-electron chi connectivity index (χ3n) is 3.40. The van der Waals surface area contributed by atoms with Crippen LogP contribution in [0.15, 0.2) is 24.3 Å². The van der Waals surface area contributed by atoms with Crippen LogP contribution in [0.25, 0.3) is 0 Å². The fourth-order valence-electron chi connectivity index (χ4n) is 2.30. The topological polar surface area (TPSA) is 23.6 Å². The van der Waals surface area contributed by atoms with Crippen molar-refractivity contribution < 1.29 is 22.4 Å². The Labute approximate surface area is 120 Å². The highest BCUT2D eigenvalue weighted by molar-refractivity contribution is 5.78. The average Bonchev–Trinajstić information content (AvgIpc) is 2.40. The lowest BCUT2D eigenvalue weighted by atomic mass is 10.1. The van der Waals surface area contributed by atoms with Crippen molar-refractivity contribution in [1.29, 1.82) is 0 Å². The summed E-state index contributed by atoms with van der Waals surface area (Å²) in [5.74, 6) is -0.514. The number of hydrogen-bond donors (Lipinski definition) is 0. The zero-order chi connectivity index (χ0) is 15.5. The minimum Gasteiger partial charge on any atom is -0.340 e. The Morgan fingerprint density at radius 1 is 1.05 bits per heavy atom. The van der Waals surface area contributed by atoms with E-state index in [1.807, 2.05) is 0 Å². The Bertz CT molecular complexity index is 479. The number of hydrogen-bond acceptors (Lipinski definition) is 2. The van der Waals surface area contributed by atoms with Gasteiger partial charge in [0, 0.05) is 26.2 Å². The number of amides is 1. The lowest BCUT2D eigenvalue weighted by Crippen LogP contribution is -2.51. The molecule has 1 aromatic rings. The summed E-state index contributed by atoms with van der Waals surface area (Å²) in [4.78, 5) is 14.9. The number of nitrogens with zero attached hydrogens (tertiary/aromatic N) is 2. The summed E-state index contributed by atoms with van der Waals surface area (Å²) >= 11 is 0. The maximum atomic E-state index is 12.8. The molecule has 21 heavy (non-hydrogen) atoms. The van der Waals surface area contributed by atoms with Crippen molar-refractivity contribution >= 4 is 5.91 Å². The van der Waals surface area contributed by atoms with Gasteiger partial charge < -0.3 is 4.90 Å². The summed E-state index contributed by atoms with van der Waals surface area (Å²) in [7, 11) is 0. The smallest absolute Gasteiger partial charge is 0.340 e. The number of benzene rings is 1. The van der Waals surface area contributed by atoms with Crippen LogP contribution >= 0.6 is 0 Å². The monoisotopic (exact) mass is 304 g/mol. The third-order valence-corrected chi connectivity index (χ3v) is 3.40. The minimum atomic E-state index is -4.21. The zero-order valence-electron chi connectivity index (χ0n) is 11.4. The maximum absolute atomic E-state index is 12.8. The van der Waals surface area contributed by atoms with Gasteiger partial charge in [-0.3, -0.25) is 9.69 Å². The fourth-order valence-corrected chi connectivity index (χ4v) is 2.30. The molecule has 1 amide bonds. The molecule has 7 heteroatoms. The fraction of sp³-hybridized carbons (Fsp3) is 0.500.